The van der Waals surface area contributed by atoms with Gasteiger partial charge in [0.2, 0.25) is 5.91 Å². The van der Waals surface area contributed by atoms with E-state index >= 15 is 0 Å². The van der Waals surface area contributed by atoms with Crippen LogP contribution in [0, 0.1) is 5.41 Å². The van der Waals surface area contributed by atoms with E-state index in [4.69, 9.17) is 11.6 Å². The van der Waals surface area contributed by atoms with Gasteiger partial charge in [0.05, 0.1) is 11.6 Å². The topological polar surface area (TPSA) is 101 Å². The molecule has 0 radical (unpaired) electrons. The molecule has 0 aliphatic carbocycles. The number of hydrogen-bond acceptors (Lipinski definition) is 3. The van der Waals surface area contributed by atoms with Crippen molar-refractivity contribution in [3.63, 3.8) is 0 Å². The quantitative estimate of drug-likeness (QED) is 0.368. The Kier molecular flexibility index (Phi) is 4.83. The predicted molar refractivity (Wildman–Crippen MR) is 145 cm³/mol. The molecule has 3 bridgehead atoms. The van der Waals surface area contributed by atoms with Crippen molar-refractivity contribution in [3.05, 3.63) is 71.0 Å². The number of amides is 3. The zero-order valence-corrected chi connectivity index (χ0v) is 21.9. The Bertz CT molecular complexity index is 1620. The van der Waals surface area contributed by atoms with Gasteiger partial charge in [-0.25, -0.2) is 0 Å². The molecule has 3 amide bonds. The summed E-state index contributed by atoms with van der Waals surface area (Å²) in [5.41, 5.74) is 1.59. The van der Waals surface area contributed by atoms with Crippen LogP contribution in [0.1, 0.15) is 47.7 Å². The molecule has 0 unspecified atom stereocenters. The van der Waals surface area contributed by atoms with E-state index in [0.29, 0.717) is 35.9 Å². The minimum Gasteiger partial charge on any atom is -0.351 e. The van der Waals surface area contributed by atoms with E-state index in [1.807, 2.05) is 78.2 Å². The lowest BCUT2D eigenvalue weighted by molar-refractivity contribution is -0.136. The molecule has 3 aliphatic rings. The standard InChI is InChI=1S/C29H28ClN5O3/c1-28(2)14-29-12-19(13-35(29)26(37)23-10-17-7-8-18(30)11-21(17)32-23)34(15-29)27(38)24(28)33-25(36)22-9-16-5-3-4-6-20(16)31-22/h3-11,19,24,31-32H,12-15H2,1-2H3,(H,33,36)/t19-,24+,29+/m0/s1. The van der Waals surface area contributed by atoms with Gasteiger partial charge in [0.15, 0.2) is 0 Å². The number of benzene rings is 2. The van der Waals surface area contributed by atoms with Crippen LogP contribution in [0.15, 0.2) is 54.6 Å². The minimum atomic E-state index is -0.698. The molecule has 3 saturated heterocycles. The molecule has 8 nitrogen and oxygen atoms in total. The fourth-order valence-electron chi connectivity index (χ4n) is 7.07. The lowest BCUT2D eigenvalue weighted by Gasteiger charge is -2.42. The van der Waals surface area contributed by atoms with E-state index in [-0.39, 0.29) is 23.8 Å². The highest BCUT2D eigenvalue weighted by molar-refractivity contribution is 6.31. The van der Waals surface area contributed by atoms with Gasteiger partial charge in [-0.05, 0) is 48.6 Å². The van der Waals surface area contributed by atoms with Gasteiger partial charge in [-0.2, -0.15) is 0 Å². The molecule has 2 aromatic heterocycles. The number of likely N-dealkylation sites (tertiary alicyclic amines) is 1. The first-order valence-corrected chi connectivity index (χ1v) is 13.3. The van der Waals surface area contributed by atoms with Gasteiger partial charge in [-0.1, -0.05) is 49.7 Å². The molecule has 3 atom stereocenters. The maximum absolute atomic E-state index is 13.8. The van der Waals surface area contributed by atoms with E-state index in [9.17, 15) is 14.4 Å². The second-order valence-corrected chi connectivity index (χ2v) is 12.2. The summed E-state index contributed by atoms with van der Waals surface area (Å²) in [6.07, 6.45) is 1.36. The maximum atomic E-state index is 13.8. The van der Waals surface area contributed by atoms with Gasteiger partial charge in [-0.3, -0.25) is 14.4 Å². The van der Waals surface area contributed by atoms with Crippen molar-refractivity contribution in [2.75, 3.05) is 13.1 Å². The summed E-state index contributed by atoms with van der Waals surface area (Å²) in [4.78, 5) is 51.1. The number of aromatic amines is 2. The van der Waals surface area contributed by atoms with Crippen LogP contribution in [0.4, 0.5) is 0 Å². The van der Waals surface area contributed by atoms with Crippen LogP contribution in [0.2, 0.25) is 5.02 Å². The fraction of sp³-hybridized carbons (Fsp3) is 0.345. The lowest BCUT2D eigenvalue weighted by atomic mass is 9.73. The van der Waals surface area contributed by atoms with Crippen molar-refractivity contribution in [1.82, 2.24) is 25.1 Å². The van der Waals surface area contributed by atoms with Crippen molar-refractivity contribution < 1.29 is 14.4 Å². The zero-order valence-electron chi connectivity index (χ0n) is 21.2. The number of hydrogen-bond donors (Lipinski definition) is 3. The summed E-state index contributed by atoms with van der Waals surface area (Å²) < 4.78 is 0. The van der Waals surface area contributed by atoms with Crippen molar-refractivity contribution in [1.29, 1.82) is 0 Å². The molecule has 194 valence electrons. The molecule has 2 aromatic carbocycles. The molecule has 7 rings (SSSR count). The zero-order chi connectivity index (χ0) is 26.4. The number of fused-ring (bicyclic) bond motifs is 5. The first-order valence-electron chi connectivity index (χ1n) is 12.9. The molecule has 3 N–H and O–H groups in total. The number of rotatable bonds is 3. The second-order valence-electron chi connectivity index (χ2n) is 11.7. The normalized spacial score (nSPS) is 25.8. The summed E-state index contributed by atoms with van der Waals surface area (Å²) in [5, 5.41) is 5.52. The van der Waals surface area contributed by atoms with Gasteiger partial charge < -0.3 is 25.1 Å². The van der Waals surface area contributed by atoms with E-state index < -0.39 is 17.0 Å². The Hall–Kier alpha value is -3.78. The SMILES string of the molecule is CC1(C)C[C@@]23C[C@@H](CN2C(=O)c2cc4ccc(Cl)cc4[nH]2)N(C3)C(=O)[C@H]1NC(=O)c1cc2ccccc2[nH]1. The number of halogens is 1. The van der Waals surface area contributed by atoms with E-state index in [0.717, 1.165) is 28.2 Å². The van der Waals surface area contributed by atoms with Gasteiger partial charge in [0.1, 0.15) is 17.4 Å². The Morgan fingerprint density at radius 2 is 1.74 bits per heavy atom. The largest absolute Gasteiger partial charge is 0.351 e. The molecular weight excluding hydrogens is 502 g/mol. The number of H-pyrrole nitrogens is 2. The van der Waals surface area contributed by atoms with Crippen LogP contribution in [0.5, 0.6) is 0 Å². The number of nitrogens with one attached hydrogen (secondary N) is 3. The minimum absolute atomic E-state index is 0.0612. The van der Waals surface area contributed by atoms with Crippen molar-refractivity contribution >= 4 is 51.1 Å². The van der Waals surface area contributed by atoms with Crippen molar-refractivity contribution in [2.45, 2.75) is 44.3 Å². The van der Waals surface area contributed by atoms with Gasteiger partial charge in [0.25, 0.3) is 11.8 Å². The summed E-state index contributed by atoms with van der Waals surface area (Å²) in [6.45, 7) is 4.99. The Morgan fingerprint density at radius 3 is 2.55 bits per heavy atom. The number of aromatic nitrogens is 2. The van der Waals surface area contributed by atoms with Gasteiger partial charge in [-0.15, -0.1) is 0 Å². The number of carbonyl (C=O) groups is 3. The third-order valence-corrected chi connectivity index (χ3v) is 8.93. The fourth-order valence-corrected chi connectivity index (χ4v) is 7.25. The van der Waals surface area contributed by atoms with Crippen LogP contribution in [-0.4, -0.2) is 68.2 Å². The molecule has 38 heavy (non-hydrogen) atoms. The van der Waals surface area contributed by atoms with Crippen LogP contribution in [0.3, 0.4) is 0 Å². The highest BCUT2D eigenvalue weighted by Gasteiger charge is 2.63. The molecule has 3 fully saturated rings. The monoisotopic (exact) mass is 529 g/mol. The number of carbonyl (C=O) groups excluding carboxylic acids is 3. The van der Waals surface area contributed by atoms with E-state index in [1.54, 1.807) is 0 Å². The van der Waals surface area contributed by atoms with Crippen LogP contribution in [0.25, 0.3) is 21.8 Å². The first-order chi connectivity index (χ1) is 18.1. The van der Waals surface area contributed by atoms with Gasteiger partial charge in [0, 0.05) is 39.9 Å². The van der Waals surface area contributed by atoms with E-state index in [1.165, 1.54) is 0 Å². The lowest BCUT2D eigenvalue weighted by Crippen LogP contribution is -2.57. The predicted octanol–water partition coefficient (Wildman–Crippen LogP) is 4.33. The number of piperazine rings is 1. The van der Waals surface area contributed by atoms with Crippen LogP contribution < -0.4 is 5.32 Å². The van der Waals surface area contributed by atoms with Crippen LogP contribution >= 0.6 is 11.6 Å². The maximum Gasteiger partial charge on any atom is 0.270 e. The molecule has 1 spiro atoms. The number of nitrogens with zero attached hydrogens (tertiary/aromatic N) is 2. The second kappa shape index (κ2) is 7.86. The molecular formula is C29H28ClN5O3. The van der Waals surface area contributed by atoms with Crippen LogP contribution in [-0.2, 0) is 4.79 Å². The highest BCUT2D eigenvalue weighted by Crippen LogP contribution is 2.51. The summed E-state index contributed by atoms with van der Waals surface area (Å²) >= 11 is 6.14. The summed E-state index contributed by atoms with van der Waals surface area (Å²) in [7, 11) is 0. The first kappa shape index (κ1) is 23.3. The molecule has 0 saturated carbocycles. The Balaban J connectivity index is 1.18. The molecule has 9 heteroatoms. The number of para-hydroxylation sites is 1. The summed E-state index contributed by atoms with van der Waals surface area (Å²) in [6, 6.07) is 16.1. The Morgan fingerprint density at radius 1 is 1.00 bits per heavy atom. The average molecular weight is 530 g/mol. The van der Waals surface area contributed by atoms with Crippen molar-refractivity contribution in [3.8, 4) is 0 Å². The molecule has 3 aliphatic heterocycles. The van der Waals surface area contributed by atoms with Crippen molar-refractivity contribution in [2.24, 2.45) is 5.41 Å². The third-order valence-electron chi connectivity index (χ3n) is 8.69. The third kappa shape index (κ3) is 3.39. The highest BCUT2D eigenvalue weighted by atomic mass is 35.5. The summed E-state index contributed by atoms with van der Waals surface area (Å²) in [5.74, 6) is -0.444. The smallest absolute Gasteiger partial charge is 0.270 e. The Labute approximate surface area is 224 Å². The molecule has 5 heterocycles. The molecule has 4 aromatic rings. The van der Waals surface area contributed by atoms with Gasteiger partial charge >= 0.3 is 0 Å². The van der Waals surface area contributed by atoms with E-state index in [2.05, 4.69) is 15.3 Å². The average Bonchev–Trinajstić information content (AvgIpc) is 3.64.